The Morgan fingerprint density at radius 3 is 2.31 bits per heavy atom. The second-order valence-corrected chi connectivity index (χ2v) is 10.7. The van der Waals surface area contributed by atoms with E-state index >= 15 is 0 Å². The number of hydrazine groups is 1. The summed E-state index contributed by atoms with van der Waals surface area (Å²) in [5.41, 5.74) is 2.19. The molecule has 9 nitrogen and oxygen atoms in total. The number of nitrogens with one attached hydrogen (secondary N) is 1. The first-order chi connectivity index (χ1) is 14.9. The third-order valence-electron chi connectivity index (χ3n) is 4.91. The van der Waals surface area contributed by atoms with Gasteiger partial charge < -0.3 is 4.42 Å². The number of para-hydroxylation sites is 1. The SMILES string of the molecule is CC(C)CCC(=O)N([C@@H](Cc1cc2ccccc2o1)C(=O)NO)N(CC(C)C)S(C)(=O)=O. The number of rotatable bonds is 11. The molecule has 0 spiro atoms. The van der Waals surface area contributed by atoms with Crippen molar-refractivity contribution < 1.29 is 27.6 Å². The molecule has 1 aromatic carbocycles. The number of furan rings is 1. The summed E-state index contributed by atoms with van der Waals surface area (Å²) in [6.45, 7) is 7.53. The molecular formula is C22H33N3O6S. The van der Waals surface area contributed by atoms with Crippen molar-refractivity contribution in [3.8, 4) is 0 Å². The highest BCUT2D eigenvalue weighted by molar-refractivity contribution is 7.88. The number of carbonyl (C=O) groups is 2. The van der Waals surface area contributed by atoms with Crippen molar-refractivity contribution in [1.82, 2.24) is 14.9 Å². The Bertz CT molecular complexity index is 998. The Morgan fingerprint density at radius 2 is 1.78 bits per heavy atom. The van der Waals surface area contributed by atoms with Crippen LogP contribution < -0.4 is 5.48 Å². The number of sulfonamides is 1. The van der Waals surface area contributed by atoms with Crippen molar-refractivity contribution in [2.75, 3.05) is 12.8 Å². The third-order valence-corrected chi connectivity index (χ3v) is 6.01. The lowest BCUT2D eigenvalue weighted by Crippen LogP contribution is -2.60. The lowest BCUT2D eigenvalue weighted by Gasteiger charge is -2.38. The van der Waals surface area contributed by atoms with Gasteiger partial charge in [0.05, 0.1) is 6.26 Å². The Balaban J connectivity index is 2.53. The fourth-order valence-corrected chi connectivity index (χ4v) is 4.46. The average molecular weight is 468 g/mol. The van der Waals surface area contributed by atoms with Gasteiger partial charge in [-0.25, -0.2) is 18.9 Å². The normalized spacial score (nSPS) is 13.2. The van der Waals surface area contributed by atoms with Crippen molar-refractivity contribution in [2.45, 2.75) is 53.0 Å². The molecule has 0 saturated heterocycles. The lowest BCUT2D eigenvalue weighted by molar-refractivity contribution is -0.156. The number of nitrogens with zero attached hydrogens (tertiary/aromatic N) is 2. The first kappa shape index (κ1) is 25.8. The van der Waals surface area contributed by atoms with Gasteiger partial charge in [-0.05, 0) is 30.4 Å². The molecule has 2 aromatic rings. The zero-order valence-corrected chi connectivity index (χ0v) is 20.1. The summed E-state index contributed by atoms with van der Waals surface area (Å²) in [6, 6.07) is 7.67. The summed E-state index contributed by atoms with van der Waals surface area (Å²) in [5, 5.41) is 11.2. The summed E-state index contributed by atoms with van der Waals surface area (Å²) >= 11 is 0. The molecule has 1 atom stereocenters. The van der Waals surface area contributed by atoms with Crippen molar-refractivity contribution in [1.29, 1.82) is 0 Å². The summed E-state index contributed by atoms with van der Waals surface area (Å²) in [5.74, 6) is -0.943. The second-order valence-electron chi connectivity index (χ2n) is 8.78. The Morgan fingerprint density at radius 1 is 1.12 bits per heavy atom. The maximum atomic E-state index is 13.3. The maximum absolute atomic E-state index is 13.3. The van der Waals surface area contributed by atoms with Crippen LogP contribution in [-0.4, -0.2) is 53.7 Å². The molecule has 0 aliphatic heterocycles. The average Bonchev–Trinajstić information content (AvgIpc) is 3.11. The third kappa shape index (κ3) is 6.78. The van der Waals surface area contributed by atoms with E-state index in [0.717, 1.165) is 21.1 Å². The molecule has 10 heteroatoms. The standard InChI is InChI=1S/C22H33N3O6S/c1-15(2)10-11-21(26)25(24(14-16(3)4)32(5,29)30)19(22(27)23-28)13-18-12-17-8-6-7-9-20(17)31-18/h6-9,12,15-16,19,28H,10-11,13-14H2,1-5H3,(H,23,27)/t19-/m0/s1. The highest BCUT2D eigenvalue weighted by Crippen LogP contribution is 2.24. The molecule has 2 rings (SSSR count). The van der Waals surface area contributed by atoms with Crippen LogP contribution in [0.4, 0.5) is 0 Å². The smallest absolute Gasteiger partial charge is 0.268 e. The van der Waals surface area contributed by atoms with Crippen LogP contribution in [0.3, 0.4) is 0 Å². The predicted molar refractivity (Wildman–Crippen MR) is 121 cm³/mol. The highest BCUT2D eigenvalue weighted by atomic mass is 32.2. The molecule has 2 N–H and O–H groups in total. The summed E-state index contributed by atoms with van der Waals surface area (Å²) < 4.78 is 32.1. The minimum absolute atomic E-state index is 0.00158. The van der Waals surface area contributed by atoms with Gasteiger partial charge in [-0.15, -0.1) is 4.41 Å². The predicted octanol–water partition coefficient (Wildman–Crippen LogP) is 2.95. The molecule has 1 heterocycles. The first-order valence-electron chi connectivity index (χ1n) is 10.6. The summed E-state index contributed by atoms with van der Waals surface area (Å²) in [7, 11) is -3.90. The van der Waals surface area contributed by atoms with Crippen molar-refractivity contribution in [3.05, 3.63) is 36.1 Å². The number of amides is 2. The molecule has 0 unspecified atom stereocenters. The fraction of sp³-hybridized carbons (Fsp3) is 0.545. The van der Waals surface area contributed by atoms with Gasteiger partial charge in [0.1, 0.15) is 17.4 Å². The zero-order valence-electron chi connectivity index (χ0n) is 19.2. The number of hydrogen-bond donors (Lipinski definition) is 2. The van der Waals surface area contributed by atoms with Crippen molar-refractivity contribution >= 4 is 32.8 Å². The molecule has 0 fully saturated rings. The lowest BCUT2D eigenvalue weighted by atomic mass is 10.1. The van der Waals surface area contributed by atoms with Gasteiger partial charge in [0, 0.05) is 24.8 Å². The van der Waals surface area contributed by atoms with Gasteiger partial charge in [0.25, 0.3) is 5.91 Å². The van der Waals surface area contributed by atoms with Gasteiger partial charge in [-0.1, -0.05) is 45.9 Å². The van der Waals surface area contributed by atoms with E-state index in [9.17, 15) is 23.2 Å². The zero-order chi connectivity index (χ0) is 24.1. The van der Waals surface area contributed by atoms with Crippen molar-refractivity contribution in [3.63, 3.8) is 0 Å². The number of benzene rings is 1. The maximum Gasteiger partial charge on any atom is 0.268 e. The van der Waals surface area contributed by atoms with E-state index in [0.29, 0.717) is 17.8 Å². The molecular weight excluding hydrogens is 434 g/mol. The molecule has 1 aromatic heterocycles. The topological polar surface area (TPSA) is 120 Å². The quantitative estimate of drug-likeness (QED) is 0.387. The minimum Gasteiger partial charge on any atom is -0.461 e. The van der Waals surface area contributed by atoms with Gasteiger partial charge in [-0.2, -0.15) is 0 Å². The van der Waals surface area contributed by atoms with Crippen molar-refractivity contribution in [2.24, 2.45) is 11.8 Å². The van der Waals surface area contributed by atoms with E-state index in [-0.39, 0.29) is 31.2 Å². The van der Waals surface area contributed by atoms with E-state index in [1.165, 1.54) is 0 Å². The van der Waals surface area contributed by atoms with E-state index < -0.39 is 27.9 Å². The van der Waals surface area contributed by atoms with Gasteiger partial charge >= 0.3 is 0 Å². The van der Waals surface area contributed by atoms with Crippen LogP contribution in [0.15, 0.2) is 34.7 Å². The Hall–Kier alpha value is -2.43. The van der Waals surface area contributed by atoms with Crippen LogP contribution in [-0.2, 0) is 26.0 Å². The van der Waals surface area contributed by atoms with E-state index in [2.05, 4.69) is 0 Å². The summed E-state index contributed by atoms with van der Waals surface area (Å²) in [4.78, 5) is 26.0. The number of fused-ring (bicyclic) bond motifs is 1. The molecule has 178 valence electrons. The van der Waals surface area contributed by atoms with E-state index in [4.69, 9.17) is 4.42 Å². The van der Waals surface area contributed by atoms with Gasteiger partial charge in [0.15, 0.2) is 0 Å². The first-order valence-corrected chi connectivity index (χ1v) is 12.5. The molecule has 2 amide bonds. The summed E-state index contributed by atoms with van der Waals surface area (Å²) in [6.07, 6.45) is 1.45. The van der Waals surface area contributed by atoms with Crippen LogP contribution in [0.1, 0.15) is 46.3 Å². The minimum atomic E-state index is -3.90. The monoisotopic (exact) mass is 467 g/mol. The number of hydrogen-bond acceptors (Lipinski definition) is 6. The van der Waals surface area contributed by atoms with Crippen LogP contribution in [0.25, 0.3) is 11.0 Å². The largest absolute Gasteiger partial charge is 0.461 e. The van der Waals surface area contributed by atoms with Gasteiger partial charge in [0.2, 0.25) is 15.9 Å². The molecule has 0 aliphatic rings. The van der Waals surface area contributed by atoms with Crippen LogP contribution >= 0.6 is 0 Å². The molecule has 0 radical (unpaired) electrons. The van der Waals surface area contributed by atoms with Crippen LogP contribution in [0.2, 0.25) is 0 Å². The molecule has 0 bridgehead atoms. The molecule has 0 aliphatic carbocycles. The second kappa shape index (κ2) is 10.9. The molecule has 0 saturated carbocycles. The number of carbonyl (C=O) groups excluding carboxylic acids is 2. The molecule has 32 heavy (non-hydrogen) atoms. The van der Waals surface area contributed by atoms with E-state index in [1.807, 2.05) is 45.9 Å². The Labute approximate surface area is 189 Å². The van der Waals surface area contributed by atoms with Crippen LogP contribution in [0, 0.1) is 11.8 Å². The van der Waals surface area contributed by atoms with Gasteiger partial charge in [-0.3, -0.25) is 14.8 Å². The van der Waals surface area contributed by atoms with Crippen LogP contribution in [0.5, 0.6) is 0 Å². The van der Waals surface area contributed by atoms with E-state index in [1.54, 1.807) is 17.6 Å². The Kier molecular flexibility index (Phi) is 8.82. The highest BCUT2D eigenvalue weighted by Gasteiger charge is 2.39. The fourth-order valence-electron chi connectivity index (χ4n) is 3.37. The number of hydroxylamine groups is 1.